The number of benzene rings is 2. The van der Waals surface area contributed by atoms with Gasteiger partial charge < -0.3 is 4.42 Å². The molecule has 2 heterocycles. The summed E-state index contributed by atoms with van der Waals surface area (Å²) < 4.78 is 5.84. The Kier molecular flexibility index (Phi) is 4.89. The van der Waals surface area contributed by atoms with Crippen LogP contribution in [0, 0.1) is 6.92 Å². The van der Waals surface area contributed by atoms with Crippen LogP contribution in [0.4, 0.5) is 0 Å². The molecule has 0 amide bonds. The lowest BCUT2D eigenvalue weighted by molar-refractivity contribution is 0.465. The SMILES string of the molecule is Cc1nc2ccccc2nc1CSc1nnc(-c2ccc(C(C)(C)C)cc2)o1. The van der Waals surface area contributed by atoms with Gasteiger partial charge in [0.05, 0.1) is 22.4 Å². The van der Waals surface area contributed by atoms with E-state index in [4.69, 9.17) is 9.40 Å². The third kappa shape index (κ3) is 3.92. The second-order valence-electron chi connectivity index (χ2n) is 7.73. The van der Waals surface area contributed by atoms with E-state index in [0.717, 1.165) is 28.0 Å². The van der Waals surface area contributed by atoms with Gasteiger partial charge in [0.2, 0.25) is 5.89 Å². The molecule has 0 saturated carbocycles. The Bertz CT molecular complexity index is 1110. The lowest BCUT2D eigenvalue weighted by Crippen LogP contribution is -2.10. The fourth-order valence-corrected chi connectivity index (χ4v) is 3.66. The van der Waals surface area contributed by atoms with E-state index in [1.165, 1.54) is 17.3 Å². The zero-order valence-electron chi connectivity index (χ0n) is 16.4. The molecule has 0 saturated heterocycles. The zero-order valence-corrected chi connectivity index (χ0v) is 17.2. The molecule has 2 aromatic heterocycles. The van der Waals surface area contributed by atoms with Crippen LogP contribution in [0.5, 0.6) is 0 Å². The van der Waals surface area contributed by atoms with Gasteiger partial charge in [0.15, 0.2) is 0 Å². The van der Waals surface area contributed by atoms with Gasteiger partial charge in [-0.3, -0.25) is 0 Å². The molecule has 0 aliphatic carbocycles. The molecule has 0 aliphatic heterocycles. The number of hydrogen-bond acceptors (Lipinski definition) is 6. The Balaban J connectivity index is 1.49. The summed E-state index contributed by atoms with van der Waals surface area (Å²) in [6.07, 6.45) is 0. The number of thioether (sulfide) groups is 1. The first kappa shape index (κ1) is 18.6. The molecule has 0 unspecified atom stereocenters. The van der Waals surface area contributed by atoms with Gasteiger partial charge in [0, 0.05) is 11.3 Å². The van der Waals surface area contributed by atoms with Crippen LogP contribution in [-0.2, 0) is 11.2 Å². The Morgan fingerprint density at radius 1 is 0.893 bits per heavy atom. The van der Waals surface area contributed by atoms with E-state index >= 15 is 0 Å². The van der Waals surface area contributed by atoms with Gasteiger partial charge in [-0.05, 0) is 42.2 Å². The summed E-state index contributed by atoms with van der Waals surface area (Å²) in [7, 11) is 0. The number of rotatable bonds is 4. The fraction of sp³-hybridized carbons (Fsp3) is 0.273. The van der Waals surface area contributed by atoms with E-state index in [2.05, 4.69) is 48.1 Å². The number of nitrogens with zero attached hydrogens (tertiary/aromatic N) is 4. The highest BCUT2D eigenvalue weighted by Crippen LogP contribution is 2.28. The van der Waals surface area contributed by atoms with Gasteiger partial charge >= 0.3 is 0 Å². The Hall–Kier alpha value is -2.73. The molecule has 0 N–H and O–H groups in total. The maximum atomic E-state index is 5.84. The van der Waals surface area contributed by atoms with Crippen molar-refractivity contribution in [3.63, 3.8) is 0 Å². The molecule has 0 fully saturated rings. The van der Waals surface area contributed by atoms with Crippen molar-refractivity contribution in [1.29, 1.82) is 0 Å². The van der Waals surface area contributed by atoms with Crippen molar-refractivity contribution in [2.45, 2.75) is 44.1 Å². The van der Waals surface area contributed by atoms with E-state index in [0.29, 0.717) is 16.9 Å². The maximum absolute atomic E-state index is 5.84. The molecule has 4 aromatic rings. The van der Waals surface area contributed by atoms with E-state index in [-0.39, 0.29) is 5.41 Å². The Labute approximate surface area is 168 Å². The number of fused-ring (bicyclic) bond motifs is 1. The van der Waals surface area contributed by atoms with Crippen molar-refractivity contribution in [3.05, 3.63) is 65.5 Å². The highest BCUT2D eigenvalue weighted by molar-refractivity contribution is 7.98. The van der Waals surface area contributed by atoms with Crippen LogP contribution in [0.15, 0.2) is 58.2 Å². The van der Waals surface area contributed by atoms with Crippen LogP contribution in [-0.4, -0.2) is 20.2 Å². The van der Waals surface area contributed by atoms with Crippen LogP contribution >= 0.6 is 11.8 Å². The highest BCUT2D eigenvalue weighted by atomic mass is 32.2. The number of hydrogen-bond donors (Lipinski definition) is 0. The topological polar surface area (TPSA) is 64.7 Å². The molecule has 0 radical (unpaired) electrons. The molecule has 0 aliphatic rings. The van der Waals surface area contributed by atoms with Crippen molar-refractivity contribution < 1.29 is 4.42 Å². The third-order valence-corrected chi connectivity index (χ3v) is 5.41. The largest absolute Gasteiger partial charge is 0.411 e. The summed E-state index contributed by atoms with van der Waals surface area (Å²) in [6.45, 7) is 8.56. The highest BCUT2D eigenvalue weighted by Gasteiger charge is 2.15. The molecule has 5 nitrogen and oxygen atoms in total. The monoisotopic (exact) mass is 390 g/mol. The summed E-state index contributed by atoms with van der Waals surface area (Å²) in [4.78, 5) is 9.34. The second-order valence-corrected chi connectivity index (χ2v) is 8.66. The molecular weight excluding hydrogens is 368 g/mol. The van der Waals surface area contributed by atoms with E-state index in [1.54, 1.807) is 0 Å². The predicted octanol–water partition coefficient (Wildman–Crippen LogP) is 5.58. The van der Waals surface area contributed by atoms with Crippen molar-refractivity contribution in [2.75, 3.05) is 0 Å². The quantitative estimate of drug-likeness (QED) is 0.424. The standard InChI is InChI=1S/C22H22N4OS/c1-14-19(24-18-8-6-5-7-17(18)23-14)13-28-21-26-25-20(27-21)15-9-11-16(12-10-15)22(2,3)4/h5-12H,13H2,1-4H3. The maximum Gasteiger partial charge on any atom is 0.277 e. The summed E-state index contributed by atoms with van der Waals surface area (Å²) in [6, 6.07) is 16.2. The average molecular weight is 391 g/mol. The van der Waals surface area contributed by atoms with Gasteiger partial charge in [0.1, 0.15) is 0 Å². The van der Waals surface area contributed by atoms with E-state index < -0.39 is 0 Å². The third-order valence-electron chi connectivity index (χ3n) is 4.58. The van der Waals surface area contributed by atoms with Gasteiger partial charge in [-0.2, -0.15) is 0 Å². The molecule has 0 spiro atoms. The first-order valence-electron chi connectivity index (χ1n) is 9.19. The molecule has 0 atom stereocenters. The number of aryl methyl sites for hydroxylation is 1. The van der Waals surface area contributed by atoms with Crippen LogP contribution in [0.3, 0.4) is 0 Å². The fourth-order valence-electron chi connectivity index (χ4n) is 2.89. The molecule has 2 aromatic carbocycles. The molecular formula is C22H22N4OS. The van der Waals surface area contributed by atoms with Crippen LogP contribution in [0.2, 0.25) is 0 Å². The van der Waals surface area contributed by atoms with E-state index in [1.807, 2.05) is 43.3 Å². The van der Waals surface area contributed by atoms with Crippen molar-refractivity contribution >= 4 is 22.8 Å². The summed E-state index contributed by atoms with van der Waals surface area (Å²) in [5.41, 5.74) is 5.97. The first-order valence-corrected chi connectivity index (χ1v) is 10.2. The average Bonchev–Trinajstić information content (AvgIpc) is 3.15. The Morgan fingerprint density at radius 3 is 2.25 bits per heavy atom. The van der Waals surface area contributed by atoms with Crippen molar-refractivity contribution in [2.24, 2.45) is 0 Å². The normalized spacial score (nSPS) is 11.9. The summed E-state index contributed by atoms with van der Waals surface area (Å²) in [5.74, 6) is 1.16. The molecule has 28 heavy (non-hydrogen) atoms. The zero-order chi connectivity index (χ0) is 19.7. The van der Waals surface area contributed by atoms with Crippen LogP contribution in [0.1, 0.15) is 37.7 Å². The minimum atomic E-state index is 0.118. The minimum Gasteiger partial charge on any atom is -0.411 e. The van der Waals surface area contributed by atoms with E-state index in [9.17, 15) is 0 Å². The first-order chi connectivity index (χ1) is 13.4. The molecule has 0 bridgehead atoms. The van der Waals surface area contributed by atoms with Gasteiger partial charge in [0.25, 0.3) is 5.22 Å². The lowest BCUT2D eigenvalue weighted by atomic mass is 9.87. The smallest absolute Gasteiger partial charge is 0.277 e. The minimum absolute atomic E-state index is 0.118. The predicted molar refractivity (Wildman–Crippen MR) is 112 cm³/mol. The molecule has 6 heteroatoms. The number of para-hydroxylation sites is 2. The summed E-state index contributed by atoms with van der Waals surface area (Å²) >= 11 is 1.48. The molecule has 4 rings (SSSR count). The second kappa shape index (κ2) is 7.36. The van der Waals surface area contributed by atoms with Gasteiger partial charge in [-0.1, -0.05) is 56.8 Å². The van der Waals surface area contributed by atoms with Crippen LogP contribution in [0.25, 0.3) is 22.5 Å². The van der Waals surface area contributed by atoms with Gasteiger partial charge in [-0.15, -0.1) is 10.2 Å². The van der Waals surface area contributed by atoms with Crippen molar-refractivity contribution in [3.8, 4) is 11.5 Å². The lowest BCUT2D eigenvalue weighted by Gasteiger charge is -2.18. The number of aromatic nitrogens is 4. The van der Waals surface area contributed by atoms with Crippen molar-refractivity contribution in [1.82, 2.24) is 20.2 Å². The Morgan fingerprint density at radius 2 is 1.57 bits per heavy atom. The molecule has 142 valence electrons. The van der Waals surface area contributed by atoms with Crippen LogP contribution < -0.4 is 0 Å². The van der Waals surface area contributed by atoms with Gasteiger partial charge in [-0.25, -0.2) is 9.97 Å². The summed E-state index contributed by atoms with van der Waals surface area (Å²) in [5, 5.41) is 8.89.